The number of hydrogen-bond donors (Lipinski definition) is 1. The number of aromatic nitrogens is 2. The maximum atomic E-state index is 12.1. The van der Waals surface area contributed by atoms with Crippen molar-refractivity contribution in [2.24, 2.45) is 0 Å². The molecule has 0 aromatic carbocycles. The minimum atomic E-state index is -0.156. The Bertz CT molecular complexity index is 509. The van der Waals surface area contributed by atoms with E-state index in [1.165, 1.54) is 0 Å². The highest BCUT2D eigenvalue weighted by Gasteiger charge is 2.27. The van der Waals surface area contributed by atoms with E-state index >= 15 is 0 Å². The fraction of sp³-hybridized carbons (Fsp3) is 0.571. The third kappa shape index (κ3) is 3.68. The second kappa shape index (κ2) is 6.07. The summed E-state index contributed by atoms with van der Waals surface area (Å²) >= 11 is 0. The average molecular weight is 289 g/mol. The van der Waals surface area contributed by atoms with E-state index in [-0.39, 0.29) is 18.2 Å². The van der Waals surface area contributed by atoms with Crippen LogP contribution in [0.2, 0.25) is 0 Å². The molecule has 1 aromatic rings. The van der Waals surface area contributed by atoms with Gasteiger partial charge in [-0.1, -0.05) is 0 Å². The molecule has 3 rings (SSSR count). The number of nitrogens with zero attached hydrogens (tertiary/aromatic N) is 4. The number of piperazine rings is 1. The predicted molar refractivity (Wildman–Crippen MR) is 76.6 cm³/mol. The fourth-order valence-corrected chi connectivity index (χ4v) is 2.37. The fourth-order valence-electron chi connectivity index (χ4n) is 2.37. The topological polar surface area (TPSA) is 78.4 Å². The van der Waals surface area contributed by atoms with Gasteiger partial charge in [0.05, 0.1) is 0 Å². The smallest absolute Gasteiger partial charge is 0.232 e. The molecule has 1 saturated heterocycles. The molecule has 1 saturated carbocycles. The molecule has 1 aliphatic carbocycles. The van der Waals surface area contributed by atoms with Crippen molar-refractivity contribution in [3.8, 4) is 0 Å². The summed E-state index contributed by atoms with van der Waals surface area (Å²) in [5.74, 6) is 0.439. The van der Waals surface area contributed by atoms with Gasteiger partial charge >= 0.3 is 0 Å². The SMILES string of the molecule is O=C(CC(=O)N1CCN(c2ncccn2)CC1)NC1CC1. The monoisotopic (exact) mass is 289 g/mol. The number of nitrogens with one attached hydrogen (secondary N) is 1. The van der Waals surface area contributed by atoms with Gasteiger partial charge in [0.25, 0.3) is 0 Å². The molecule has 1 N–H and O–H groups in total. The molecular formula is C14H19N5O2. The van der Waals surface area contributed by atoms with Gasteiger partial charge in [0, 0.05) is 44.6 Å². The van der Waals surface area contributed by atoms with Gasteiger partial charge in [-0.2, -0.15) is 0 Å². The summed E-state index contributed by atoms with van der Waals surface area (Å²) in [6.07, 6.45) is 5.45. The van der Waals surface area contributed by atoms with Crippen molar-refractivity contribution < 1.29 is 9.59 Å². The summed E-state index contributed by atoms with van der Waals surface area (Å²) < 4.78 is 0. The van der Waals surface area contributed by atoms with Crippen LogP contribution in [-0.4, -0.2) is 58.9 Å². The predicted octanol–water partition coefficient (Wildman–Crippen LogP) is -0.206. The highest BCUT2D eigenvalue weighted by atomic mass is 16.2. The van der Waals surface area contributed by atoms with Gasteiger partial charge < -0.3 is 15.1 Å². The summed E-state index contributed by atoms with van der Waals surface area (Å²) in [7, 11) is 0. The van der Waals surface area contributed by atoms with Gasteiger partial charge in [-0.25, -0.2) is 9.97 Å². The Morgan fingerprint density at radius 3 is 2.43 bits per heavy atom. The molecule has 2 aliphatic rings. The van der Waals surface area contributed by atoms with E-state index in [2.05, 4.69) is 15.3 Å². The van der Waals surface area contributed by atoms with E-state index in [0.29, 0.717) is 38.2 Å². The van der Waals surface area contributed by atoms with Crippen LogP contribution in [0.3, 0.4) is 0 Å². The van der Waals surface area contributed by atoms with E-state index in [1.54, 1.807) is 23.4 Å². The summed E-state index contributed by atoms with van der Waals surface area (Å²) in [5.41, 5.74) is 0. The first-order valence-corrected chi connectivity index (χ1v) is 7.31. The van der Waals surface area contributed by atoms with Crippen LogP contribution >= 0.6 is 0 Å². The first-order valence-electron chi connectivity index (χ1n) is 7.31. The van der Waals surface area contributed by atoms with Crippen molar-refractivity contribution in [3.63, 3.8) is 0 Å². The second-order valence-electron chi connectivity index (χ2n) is 5.44. The summed E-state index contributed by atoms with van der Waals surface area (Å²) in [4.78, 5) is 35.9. The number of rotatable bonds is 4. The third-order valence-electron chi connectivity index (χ3n) is 3.72. The Morgan fingerprint density at radius 2 is 1.81 bits per heavy atom. The Morgan fingerprint density at radius 1 is 1.14 bits per heavy atom. The molecular weight excluding hydrogens is 270 g/mol. The van der Waals surface area contributed by atoms with Crippen LogP contribution in [0, 0.1) is 0 Å². The molecule has 0 unspecified atom stereocenters. The van der Waals surface area contributed by atoms with Crippen LogP contribution in [0.15, 0.2) is 18.5 Å². The minimum absolute atomic E-state index is 0.0433. The van der Waals surface area contributed by atoms with Gasteiger partial charge in [0.1, 0.15) is 6.42 Å². The van der Waals surface area contributed by atoms with Crippen molar-refractivity contribution in [1.82, 2.24) is 20.2 Å². The zero-order chi connectivity index (χ0) is 14.7. The third-order valence-corrected chi connectivity index (χ3v) is 3.72. The van der Waals surface area contributed by atoms with Crippen LogP contribution < -0.4 is 10.2 Å². The lowest BCUT2D eigenvalue weighted by molar-refractivity contribution is -0.136. The lowest BCUT2D eigenvalue weighted by Gasteiger charge is -2.34. The highest BCUT2D eigenvalue weighted by Crippen LogP contribution is 2.18. The lowest BCUT2D eigenvalue weighted by Crippen LogP contribution is -2.50. The van der Waals surface area contributed by atoms with Gasteiger partial charge in [0.2, 0.25) is 17.8 Å². The molecule has 1 aromatic heterocycles. The largest absolute Gasteiger partial charge is 0.353 e. The zero-order valence-corrected chi connectivity index (χ0v) is 11.9. The highest BCUT2D eigenvalue weighted by molar-refractivity contribution is 5.97. The van der Waals surface area contributed by atoms with Gasteiger partial charge in [-0.15, -0.1) is 0 Å². The Hall–Kier alpha value is -2.18. The van der Waals surface area contributed by atoms with E-state index in [4.69, 9.17) is 0 Å². The van der Waals surface area contributed by atoms with Crippen LogP contribution in [0.5, 0.6) is 0 Å². The summed E-state index contributed by atoms with van der Waals surface area (Å²) in [6.45, 7) is 2.60. The first kappa shape index (κ1) is 13.8. The summed E-state index contributed by atoms with van der Waals surface area (Å²) in [6, 6.07) is 2.08. The Labute approximate surface area is 123 Å². The number of carbonyl (C=O) groups is 2. The van der Waals surface area contributed by atoms with Crippen molar-refractivity contribution in [1.29, 1.82) is 0 Å². The molecule has 0 radical (unpaired) electrons. The molecule has 112 valence electrons. The Balaban J connectivity index is 1.46. The lowest BCUT2D eigenvalue weighted by atomic mass is 10.2. The minimum Gasteiger partial charge on any atom is -0.353 e. The standard InChI is InChI=1S/C14H19N5O2/c20-12(17-11-2-3-11)10-13(21)18-6-8-19(9-7-18)14-15-4-1-5-16-14/h1,4-5,11H,2-3,6-10H2,(H,17,20). The number of hydrogen-bond acceptors (Lipinski definition) is 5. The van der Waals surface area contributed by atoms with Crippen molar-refractivity contribution in [2.75, 3.05) is 31.1 Å². The molecule has 21 heavy (non-hydrogen) atoms. The van der Waals surface area contributed by atoms with Crippen LogP contribution in [0.25, 0.3) is 0 Å². The maximum absolute atomic E-state index is 12.1. The molecule has 0 atom stereocenters. The molecule has 1 aliphatic heterocycles. The van der Waals surface area contributed by atoms with Gasteiger partial charge in [-0.3, -0.25) is 9.59 Å². The summed E-state index contributed by atoms with van der Waals surface area (Å²) in [5, 5.41) is 2.84. The quantitative estimate of drug-likeness (QED) is 0.776. The second-order valence-corrected chi connectivity index (χ2v) is 5.44. The van der Waals surface area contributed by atoms with Crippen LogP contribution in [-0.2, 0) is 9.59 Å². The molecule has 0 bridgehead atoms. The maximum Gasteiger partial charge on any atom is 0.232 e. The average Bonchev–Trinajstić information content (AvgIpc) is 3.32. The first-order chi connectivity index (χ1) is 10.2. The molecule has 7 nitrogen and oxygen atoms in total. The molecule has 0 spiro atoms. The van der Waals surface area contributed by atoms with E-state index in [9.17, 15) is 9.59 Å². The number of amides is 2. The molecule has 2 amide bonds. The van der Waals surface area contributed by atoms with Crippen LogP contribution in [0.4, 0.5) is 5.95 Å². The van der Waals surface area contributed by atoms with Crippen molar-refractivity contribution in [2.45, 2.75) is 25.3 Å². The number of carbonyl (C=O) groups excluding carboxylic acids is 2. The van der Waals surface area contributed by atoms with E-state index < -0.39 is 0 Å². The van der Waals surface area contributed by atoms with Gasteiger partial charge in [0.15, 0.2) is 0 Å². The Kier molecular flexibility index (Phi) is 3.98. The van der Waals surface area contributed by atoms with Crippen LogP contribution in [0.1, 0.15) is 19.3 Å². The van der Waals surface area contributed by atoms with E-state index in [1.807, 2.05) is 4.90 Å². The molecule has 7 heteroatoms. The molecule has 2 heterocycles. The number of anilines is 1. The van der Waals surface area contributed by atoms with Gasteiger partial charge in [-0.05, 0) is 18.9 Å². The molecule has 2 fully saturated rings. The van der Waals surface area contributed by atoms with Crippen molar-refractivity contribution >= 4 is 17.8 Å². The zero-order valence-electron chi connectivity index (χ0n) is 11.9. The van der Waals surface area contributed by atoms with Crippen molar-refractivity contribution in [3.05, 3.63) is 18.5 Å². The normalized spacial score (nSPS) is 18.5. The van der Waals surface area contributed by atoms with E-state index in [0.717, 1.165) is 12.8 Å².